The normalized spacial score (nSPS) is 12.5. The average Bonchev–Trinajstić information content (AvgIpc) is 3.08. The summed E-state index contributed by atoms with van der Waals surface area (Å²) in [6.07, 6.45) is -0.893. The Morgan fingerprint density at radius 3 is 2.48 bits per heavy atom. The van der Waals surface area contributed by atoms with Gasteiger partial charge in [0.2, 0.25) is 5.95 Å². The summed E-state index contributed by atoms with van der Waals surface area (Å²) in [5.41, 5.74) is 0.731. The molecule has 0 aliphatic carbocycles. The van der Waals surface area contributed by atoms with Gasteiger partial charge in [-0.3, -0.25) is 13.9 Å². The van der Waals surface area contributed by atoms with Crippen LogP contribution in [0.4, 0.5) is 5.95 Å². The Balaban J connectivity index is 1.90. The molecule has 31 heavy (non-hydrogen) atoms. The largest absolute Gasteiger partial charge is 0.491 e. The number of rotatable bonds is 9. The zero-order valence-corrected chi connectivity index (χ0v) is 18.6. The van der Waals surface area contributed by atoms with Gasteiger partial charge in [0, 0.05) is 27.2 Å². The van der Waals surface area contributed by atoms with E-state index in [0.29, 0.717) is 18.2 Å². The van der Waals surface area contributed by atoms with E-state index in [9.17, 15) is 14.7 Å². The van der Waals surface area contributed by atoms with E-state index >= 15 is 0 Å². The monoisotopic (exact) mass is 430 g/mol. The molecular weight excluding hydrogens is 400 g/mol. The van der Waals surface area contributed by atoms with E-state index in [0.717, 1.165) is 16.7 Å². The minimum absolute atomic E-state index is 0.0476. The van der Waals surface area contributed by atoms with E-state index in [1.54, 1.807) is 11.6 Å². The lowest BCUT2D eigenvalue weighted by Crippen LogP contribution is -2.38. The van der Waals surface area contributed by atoms with Gasteiger partial charge in [0.15, 0.2) is 11.2 Å². The maximum Gasteiger partial charge on any atom is 0.332 e. The molecule has 168 valence electrons. The minimum Gasteiger partial charge on any atom is -0.491 e. The Labute approximate surface area is 180 Å². The molecule has 0 amide bonds. The fourth-order valence-electron chi connectivity index (χ4n) is 3.24. The Kier molecular flexibility index (Phi) is 6.81. The van der Waals surface area contributed by atoms with E-state index in [2.05, 4.69) is 10.3 Å². The fourth-order valence-corrected chi connectivity index (χ4v) is 3.24. The summed E-state index contributed by atoms with van der Waals surface area (Å²) in [5.74, 6) is 1.08. The van der Waals surface area contributed by atoms with Gasteiger partial charge in [0.1, 0.15) is 18.5 Å². The van der Waals surface area contributed by atoms with Gasteiger partial charge >= 0.3 is 5.69 Å². The number of hydrogen-bond donors (Lipinski definition) is 2. The van der Waals surface area contributed by atoms with Crippen LogP contribution in [0.2, 0.25) is 0 Å². The lowest BCUT2D eigenvalue weighted by Gasteiger charge is -2.17. The first-order valence-electron chi connectivity index (χ1n) is 10.1. The summed E-state index contributed by atoms with van der Waals surface area (Å²) < 4.78 is 9.68. The summed E-state index contributed by atoms with van der Waals surface area (Å²) in [6.45, 7) is 3.45. The van der Waals surface area contributed by atoms with Crippen molar-refractivity contribution in [2.45, 2.75) is 19.6 Å². The number of benzene rings is 1. The molecule has 0 radical (unpaired) electrons. The first kappa shape index (κ1) is 22.6. The minimum atomic E-state index is -0.893. The van der Waals surface area contributed by atoms with Crippen LogP contribution in [0.15, 0.2) is 33.9 Å². The van der Waals surface area contributed by atoms with Gasteiger partial charge in [-0.05, 0) is 33.2 Å². The Bertz CT molecular complexity index is 1160. The number of fused-ring (bicyclic) bond motifs is 1. The number of ether oxygens (including phenoxy) is 1. The van der Waals surface area contributed by atoms with Gasteiger partial charge in [0.25, 0.3) is 5.56 Å². The summed E-state index contributed by atoms with van der Waals surface area (Å²) in [5, 5.41) is 13.8. The lowest BCUT2D eigenvalue weighted by atomic mass is 10.2. The van der Waals surface area contributed by atoms with Crippen molar-refractivity contribution >= 4 is 17.1 Å². The highest BCUT2D eigenvalue weighted by Crippen LogP contribution is 2.17. The summed E-state index contributed by atoms with van der Waals surface area (Å²) in [7, 11) is 6.91. The maximum absolute atomic E-state index is 12.9. The average molecular weight is 431 g/mol. The molecule has 1 aromatic carbocycles. The standard InChI is InChI=1S/C21H30N6O4/c1-14-6-8-16(9-7-14)31-13-15(28)12-27-17-18(23-20(27)22-10-11-24(2)3)25(4)21(30)26(5)19(17)29/h6-9,15,28H,10-13H2,1-5H3,(H,22,23)/t15-/m1/s1. The van der Waals surface area contributed by atoms with Crippen LogP contribution in [-0.4, -0.2) is 68.6 Å². The van der Waals surface area contributed by atoms with Crippen LogP contribution in [0.3, 0.4) is 0 Å². The van der Waals surface area contributed by atoms with Crippen LogP contribution < -0.4 is 21.3 Å². The number of imidazole rings is 1. The predicted molar refractivity (Wildman–Crippen MR) is 120 cm³/mol. The molecule has 0 aliphatic rings. The molecule has 2 N–H and O–H groups in total. The van der Waals surface area contributed by atoms with Gasteiger partial charge in [-0.1, -0.05) is 17.7 Å². The van der Waals surface area contributed by atoms with Crippen molar-refractivity contribution in [3.63, 3.8) is 0 Å². The topological polar surface area (TPSA) is 107 Å². The molecular formula is C21H30N6O4. The molecule has 0 bridgehead atoms. The van der Waals surface area contributed by atoms with E-state index in [4.69, 9.17) is 4.74 Å². The number of anilines is 1. The van der Waals surface area contributed by atoms with Crippen molar-refractivity contribution in [1.82, 2.24) is 23.6 Å². The molecule has 2 heterocycles. The second-order valence-corrected chi connectivity index (χ2v) is 7.93. The number of nitrogens with one attached hydrogen (secondary N) is 1. The van der Waals surface area contributed by atoms with E-state index in [-0.39, 0.29) is 24.3 Å². The summed E-state index contributed by atoms with van der Waals surface area (Å²) >= 11 is 0. The fraction of sp³-hybridized carbons (Fsp3) is 0.476. The molecule has 0 fully saturated rings. The first-order chi connectivity index (χ1) is 14.7. The van der Waals surface area contributed by atoms with Crippen molar-refractivity contribution in [3.8, 4) is 5.75 Å². The van der Waals surface area contributed by atoms with Crippen LogP contribution in [-0.2, 0) is 20.6 Å². The third-order valence-corrected chi connectivity index (χ3v) is 5.05. The zero-order chi connectivity index (χ0) is 22.7. The van der Waals surface area contributed by atoms with E-state index in [1.165, 1.54) is 11.6 Å². The molecule has 0 saturated carbocycles. The van der Waals surface area contributed by atoms with Gasteiger partial charge < -0.3 is 24.6 Å². The van der Waals surface area contributed by atoms with Crippen LogP contribution in [0.1, 0.15) is 5.56 Å². The molecule has 0 saturated heterocycles. The molecule has 0 unspecified atom stereocenters. The number of aliphatic hydroxyl groups excluding tert-OH is 1. The van der Waals surface area contributed by atoms with Gasteiger partial charge in [-0.2, -0.15) is 4.98 Å². The number of likely N-dealkylation sites (N-methyl/N-ethyl adjacent to an activating group) is 1. The van der Waals surface area contributed by atoms with Gasteiger partial charge in [-0.15, -0.1) is 0 Å². The van der Waals surface area contributed by atoms with Crippen LogP contribution in [0.25, 0.3) is 11.2 Å². The zero-order valence-electron chi connectivity index (χ0n) is 18.6. The third kappa shape index (κ3) is 4.97. The summed E-state index contributed by atoms with van der Waals surface area (Å²) in [4.78, 5) is 31.7. The van der Waals surface area contributed by atoms with E-state index < -0.39 is 17.4 Å². The highest BCUT2D eigenvalue weighted by atomic mass is 16.5. The molecule has 3 rings (SSSR count). The first-order valence-corrected chi connectivity index (χ1v) is 10.1. The molecule has 2 aromatic heterocycles. The van der Waals surface area contributed by atoms with Crippen LogP contribution >= 0.6 is 0 Å². The lowest BCUT2D eigenvalue weighted by molar-refractivity contribution is 0.0938. The van der Waals surface area contributed by atoms with Crippen molar-refractivity contribution in [2.24, 2.45) is 14.1 Å². The van der Waals surface area contributed by atoms with Crippen molar-refractivity contribution < 1.29 is 9.84 Å². The third-order valence-electron chi connectivity index (χ3n) is 5.05. The van der Waals surface area contributed by atoms with Crippen molar-refractivity contribution in [3.05, 3.63) is 50.7 Å². The quantitative estimate of drug-likeness (QED) is 0.498. The smallest absolute Gasteiger partial charge is 0.332 e. The van der Waals surface area contributed by atoms with Crippen molar-refractivity contribution in [1.29, 1.82) is 0 Å². The predicted octanol–water partition coefficient (Wildman–Crippen LogP) is 0.156. The van der Waals surface area contributed by atoms with Crippen LogP contribution in [0, 0.1) is 6.92 Å². The number of aryl methyl sites for hydroxylation is 2. The van der Waals surface area contributed by atoms with E-state index in [1.807, 2.05) is 50.2 Å². The Hall–Kier alpha value is -3.11. The Morgan fingerprint density at radius 2 is 1.84 bits per heavy atom. The maximum atomic E-state index is 12.9. The summed E-state index contributed by atoms with van der Waals surface area (Å²) in [6, 6.07) is 7.55. The van der Waals surface area contributed by atoms with Crippen LogP contribution in [0.5, 0.6) is 5.75 Å². The van der Waals surface area contributed by atoms with Gasteiger partial charge in [-0.25, -0.2) is 4.79 Å². The number of aliphatic hydroxyl groups is 1. The highest BCUT2D eigenvalue weighted by Gasteiger charge is 2.21. The molecule has 3 aromatic rings. The second-order valence-electron chi connectivity index (χ2n) is 7.93. The molecule has 0 aliphatic heterocycles. The Morgan fingerprint density at radius 1 is 1.16 bits per heavy atom. The second kappa shape index (κ2) is 9.36. The SMILES string of the molecule is Cc1ccc(OC[C@H](O)Cn2c(NCCN(C)C)nc3c2c(=O)n(C)c(=O)n3C)cc1. The molecule has 1 atom stereocenters. The highest BCUT2D eigenvalue weighted by molar-refractivity contribution is 5.74. The number of nitrogens with zero attached hydrogens (tertiary/aromatic N) is 5. The molecule has 10 nitrogen and oxygen atoms in total. The van der Waals surface area contributed by atoms with Crippen molar-refractivity contribution in [2.75, 3.05) is 39.1 Å². The number of aromatic nitrogens is 4. The van der Waals surface area contributed by atoms with Gasteiger partial charge in [0.05, 0.1) is 6.54 Å². The number of hydrogen-bond acceptors (Lipinski definition) is 7. The molecule has 0 spiro atoms. The molecule has 10 heteroatoms.